The van der Waals surface area contributed by atoms with Crippen molar-refractivity contribution in [2.45, 2.75) is 41.7 Å². The van der Waals surface area contributed by atoms with Crippen molar-refractivity contribution in [2.75, 3.05) is 0 Å². The number of carbonyl (C=O) groups is 1. The number of carboxylic acid groups (broad SMARTS) is 1. The van der Waals surface area contributed by atoms with Crippen molar-refractivity contribution in [2.24, 2.45) is 0 Å². The summed E-state index contributed by atoms with van der Waals surface area (Å²) in [7, 11) is 0. The van der Waals surface area contributed by atoms with Crippen LogP contribution in [0.1, 0.15) is 6.92 Å². The lowest BCUT2D eigenvalue weighted by Crippen LogP contribution is -2.60. The molecule has 8 heteroatoms. The molecule has 0 saturated carbocycles. The first kappa shape index (κ1) is 14.1. The fourth-order valence-electron chi connectivity index (χ4n) is 1.35. The van der Waals surface area contributed by atoms with Crippen LogP contribution in [0.15, 0.2) is 0 Å². The number of aliphatic carboxylic acids is 1. The maximum Gasteiger partial charge on any atom is 0.335 e. The minimum Gasteiger partial charge on any atom is -0.479 e. The largest absolute Gasteiger partial charge is 0.479 e. The fraction of sp³-hybridized carbons (Fsp3) is 0.875. The lowest BCUT2D eigenvalue weighted by atomic mass is 9.99. The van der Waals surface area contributed by atoms with Crippen LogP contribution in [0.3, 0.4) is 0 Å². The second kappa shape index (κ2) is 5.56. The smallest absolute Gasteiger partial charge is 0.335 e. The molecule has 1 unspecified atom stereocenters. The second-order valence-electron chi connectivity index (χ2n) is 3.41. The number of aliphatic hydroxyl groups is 3. The van der Waals surface area contributed by atoms with E-state index in [1.165, 1.54) is 0 Å². The summed E-state index contributed by atoms with van der Waals surface area (Å²) in [6.07, 6.45) is -7.67. The summed E-state index contributed by atoms with van der Waals surface area (Å²) in [5, 5.41) is 37.0. The Morgan fingerprint density at radius 2 is 1.88 bits per heavy atom. The zero-order valence-corrected chi connectivity index (χ0v) is 10.5. The van der Waals surface area contributed by atoms with Crippen LogP contribution >= 0.6 is 22.6 Å². The van der Waals surface area contributed by atoms with Gasteiger partial charge in [0, 0.05) is 0 Å². The molecule has 0 aromatic carbocycles. The highest BCUT2D eigenvalue weighted by atomic mass is 127. The lowest BCUT2D eigenvalue weighted by Gasteiger charge is -2.38. The van der Waals surface area contributed by atoms with E-state index < -0.39 is 36.7 Å². The molecule has 0 bridgehead atoms. The summed E-state index contributed by atoms with van der Waals surface area (Å²) in [6.45, 7) is 1.66. The lowest BCUT2D eigenvalue weighted by molar-refractivity contribution is -0.294. The van der Waals surface area contributed by atoms with Crippen molar-refractivity contribution < 1.29 is 34.7 Å². The topological polar surface area (TPSA) is 116 Å². The van der Waals surface area contributed by atoms with E-state index in [1.807, 2.05) is 22.6 Å². The molecule has 1 aliphatic heterocycles. The Bertz CT molecular complexity index is 259. The van der Waals surface area contributed by atoms with Gasteiger partial charge in [-0.2, -0.15) is 0 Å². The van der Waals surface area contributed by atoms with Crippen molar-refractivity contribution in [1.82, 2.24) is 0 Å². The third-order valence-corrected chi connectivity index (χ3v) is 2.43. The molecule has 1 saturated heterocycles. The minimum atomic E-state index is -1.68. The van der Waals surface area contributed by atoms with Gasteiger partial charge in [-0.05, 0) is 6.92 Å². The first-order valence-electron chi connectivity index (χ1n) is 4.56. The molecule has 0 radical (unpaired) electrons. The van der Waals surface area contributed by atoms with Gasteiger partial charge in [0.05, 0.1) is 0 Å². The highest BCUT2D eigenvalue weighted by molar-refractivity contribution is 14.1. The van der Waals surface area contributed by atoms with Crippen molar-refractivity contribution in [3.8, 4) is 0 Å². The van der Waals surface area contributed by atoms with E-state index in [-0.39, 0.29) is 4.11 Å². The number of ether oxygens (including phenoxy) is 2. The second-order valence-corrected chi connectivity index (χ2v) is 5.17. The average molecular weight is 348 g/mol. The molecule has 1 heterocycles. The first-order chi connectivity index (χ1) is 7.34. The maximum atomic E-state index is 10.7. The summed E-state index contributed by atoms with van der Waals surface area (Å²) in [6, 6.07) is 0. The van der Waals surface area contributed by atoms with Gasteiger partial charge < -0.3 is 29.9 Å². The standard InChI is InChI=1S/C8H13IO7/c1-2(9)15-8-5(12)3(10)4(11)6(16-8)7(13)14/h2-6,8,10-12H,1H3,(H,13,14)/t2?,3-,4-,5+,6-,8+/m0/s1. The predicted molar refractivity (Wildman–Crippen MR) is 58.9 cm³/mol. The normalized spacial score (nSPS) is 41.7. The monoisotopic (exact) mass is 348 g/mol. The molecule has 94 valence electrons. The molecular weight excluding hydrogens is 335 g/mol. The first-order valence-corrected chi connectivity index (χ1v) is 5.81. The van der Waals surface area contributed by atoms with Gasteiger partial charge in [-0.1, -0.05) is 22.6 Å². The Balaban J connectivity index is 2.77. The molecule has 7 nitrogen and oxygen atoms in total. The molecule has 1 rings (SSSR count). The Labute approximate surface area is 105 Å². The van der Waals surface area contributed by atoms with Crippen LogP contribution in [-0.4, -0.2) is 61.2 Å². The van der Waals surface area contributed by atoms with E-state index in [1.54, 1.807) is 6.92 Å². The number of rotatable bonds is 3. The van der Waals surface area contributed by atoms with E-state index in [2.05, 4.69) is 0 Å². The van der Waals surface area contributed by atoms with Crippen LogP contribution in [0.2, 0.25) is 0 Å². The molecule has 0 aliphatic carbocycles. The summed E-state index contributed by atoms with van der Waals surface area (Å²) in [5.41, 5.74) is 0. The molecular formula is C8H13IO7. The van der Waals surface area contributed by atoms with E-state index in [9.17, 15) is 20.1 Å². The highest BCUT2D eigenvalue weighted by Gasteiger charge is 2.47. The van der Waals surface area contributed by atoms with Crippen LogP contribution in [0.5, 0.6) is 0 Å². The van der Waals surface area contributed by atoms with Gasteiger partial charge >= 0.3 is 5.97 Å². The summed E-state index contributed by atoms with van der Waals surface area (Å²) in [4.78, 5) is 10.7. The quantitative estimate of drug-likeness (QED) is 0.369. The van der Waals surface area contributed by atoms with Gasteiger partial charge in [0.2, 0.25) is 0 Å². The number of hydrogen-bond acceptors (Lipinski definition) is 6. The molecule has 4 N–H and O–H groups in total. The molecule has 16 heavy (non-hydrogen) atoms. The van der Waals surface area contributed by atoms with Crippen LogP contribution < -0.4 is 0 Å². The molecule has 1 fully saturated rings. The van der Waals surface area contributed by atoms with E-state index in [4.69, 9.17) is 14.6 Å². The fourth-order valence-corrected chi connectivity index (χ4v) is 1.64. The van der Waals surface area contributed by atoms with Crippen molar-refractivity contribution in [3.63, 3.8) is 0 Å². The molecule has 0 spiro atoms. The third-order valence-electron chi connectivity index (χ3n) is 2.13. The zero-order chi connectivity index (χ0) is 12.5. The van der Waals surface area contributed by atoms with Gasteiger partial charge in [0.1, 0.15) is 22.4 Å². The van der Waals surface area contributed by atoms with E-state index >= 15 is 0 Å². The van der Waals surface area contributed by atoms with Crippen LogP contribution in [0.25, 0.3) is 0 Å². The van der Waals surface area contributed by atoms with Crippen molar-refractivity contribution in [3.05, 3.63) is 0 Å². The predicted octanol–water partition coefficient (Wildman–Crippen LogP) is -1.32. The van der Waals surface area contributed by atoms with Gasteiger partial charge in [0.15, 0.2) is 12.4 Å². The van der Waals surface area contributed by atoms with E-state index in [0.717, 1.165) is 0 Å². The Morgan fingerprint density at radius 1 is 1.31 bits per heavy atom. The summed E-state index contributed by atoms with van der Waals surface area (Å²) < 4.78 is 9.61. The average Bonchev–Trinajstić information content (AvgIpc) is 2.18. The summed E-state index contributed by atoms with van der Waals surface area (Å²) in [5.74, 6) is -1.42. The van der Waals surface area contributed by atoms with E-state index in [0.29, 0.717) is 0 Å². The molecule has 6 atom stereocenters. The number of hydrogen-bond donors (Lipinski definition) is 4. The number of aliphatic hydroxyl groups excluding tert-OH is 3. The van der Waals surface area contributed by atoms with Crippen molar-refractivity contribution >= 4 is 28.6 Å². The van der Waals surface area contributed by atoms with Gasteiger partial charge in [-0.3, -0.25) is 0 Å². The van der Waals surface area contributed by atoms with Gasteiger partial charge in [-0.25, -0.2) is 4.79 Å². The number of carboxylic acids is 1. The SMILES string of the molecule is CC(I)O[C@@H]1O[C@H](C(=O)O)[C@@H](O)[C@H](O)[C@H]1O. The molecule has 0 aromatic heterocycles. The number of alkyl halides is 1. The third kappa shape index (κ3) is 3.02. The van der Waals surface area contributed by atoms with Gasteiger partial charge in [-0.15, -0.1) is 0 Å². The highest BCUT2D eigenvalue weighted by Crippen LogP contribution is 2.24. The zero-order valence-electron chi connectivity index (χ0n) is 8.36. The Kier molecular flexibility index (Phi) is 4.88. The molecule has 1 aliphatic rings. The van der Waals surface area contributed by atoms with Crippen LogP contribution in [-0.2, 0) is 14.3 Å². The molecule has 0 amide bonds. The summed E-state index contributed by atoms with van der Waals surface area (Å²) >= 11 is 1.89. The number of halogens is 1. The Hall–Kier alpha value is -0.000000000000000125. The van der Waals surface area contributed by atoms with Crippen molar-refractivity contribution in [1.29, 1.82) is 0 Å². The minimum absolute atomic E-state index is 0.339. The van der Waals surface area contributed by atoms with Crippen LogP contribution in [0.4, 0.5) is 0 Å². The Morgan fingerprint density at radius 3 is 2.31 bits per heavy atom. The molecule has 0 aromatic rings. The maximum absolute atomic E-state index is 10.7. The van der Waals surface area contributed by atoms with Gasteiger partial charge in [0.25, 0.3) is 0 Å². The van der Waals surface area contributed by atoms with Crippen LogP contribution in [0, 0.1) is 0 Å².